The molecule has 0 fully saturated rings. The number of carbonyl (C=O) groups excluding carboxylic acids is 1. The van der Waals surface area contributed by atoms with Gasteiger partial charge in [0.2, 0.25) is 0 Å². The lowest BCUT2D eigenvalue weighted by Crippen LogP contribution is -2.27. The number of amides is 1. The number of halogens is 1. The highest BCUT2D eigenvalue weighted by Gasteiger charge is 2.23. The molecule has 0 radical (unpaired) electrons. The minimum atomic E-state index is -0.455. The SMILES string of the molecule is Cc1cccc(NC(=O)c2c(-c3cccc(Cl)c3)n(Cc3cccnc3)c(C)cc2=O)c1C. The highest BCUT2D eigenvalue weighted by Crippen LogP contribution is 2.28. The fraction of sp³-hybridized carbons (Fsp3) is 0.148. The van der Waals surface area contributed by atoms with E-state index in [1.165, 1.54) is 6.07 Å². The molecule has 0 saturated heterocycles. The van der Waals surface area contributed by atoms with Crippen LogP contribution in [0.25, 0.3) is 11.3 Å². The van der Waals surface area contributed by atoms with Gasteiger partial charge in [-0.15, -0.1) is 0 Å². The van der Waals surface area contributed by atoms with Crippen LogP contribution in [-0.2, 0) is 6.54 Å². The summed E-state index contributed by atoms with van der Waals surface area (Å²) in [7, 11) is 0. The quantitative estimate of drug-likeness (QED) is 0.412. The number of rotatable bonds is 5. The Morgan fingerprint density at radius 3 is 2.55 bits per heavy atom. The Hall–Kier alpha value is -3.70. The topological polar surface area (TPSA) is 64.0 Å². The van der Waals surface area contributed by atoms with Gasteiger partial charge in [-0.25, -0.2) is 0 Å². The average molecular weight is 458 g/mol. The third-order valence-electron chi connectivity index (χ3n) is 5.76. The van der Waals surface area contributed by atoms with Gasteiger partial charge in [-0.1, -0.05) is 41.9 Å². The Labute approximate surface area is 197 Å². The first-order valence-corrected chi connectivity index (χ1v) is 11.0. The Kier molecular flexibility index (Phi) is 6.43. The van der Waals surface area contributed by atoms with Gasteiger partial charge in [-0.2, -0.15) is 0 Å². The van der Waals surface area contributed by atoms with Crippen LogP contribution in [0.1, 0.15) is 32.7 Å². The summed E-state index contributed by atoms with van der Waals surface area (Å²) in [5, 5.41) is 3.47. The number of carbonyl (C=O) groups is 1. The summed E-state index contributed by atoms with van der Waals surface area (Å²) in [4.78, 5) is 30.9. The molecule has 0 spiro atoms. The van der Waals surface area contributed by atoms with Crippen LogP contribution in [0.5, 0.6) is 0 Å². The molecule has 2 heterocycles. The van der Waals surface area contributed by atoms with Crippen molar-refractivity contribution in [1.82, 2.24) is 9.55 Å². The monoisotopic (exact) mass is 457 g/mol. The summed E-state index contributed by atoms with van der Waals surface area (Å²) in [6.45, 7) is 6.23. The van der Waals surface area contributed by atoms with Gasteiger partial charge in [0.15, 0.2) is 5.43 Å². The molecule has 2 aromatic heterocycles. The summed E-state index contributed by atoms with van der Waals surface area (Å²) in [6.07, 6.45) is 3.48. The first-order valence-electron chi connectivity index (χ1n) is 10.6. The van der Waals surface area contributed by atoms with Gasteiger partial charge in [0.05, 0.1) is 5.69 Å². The molecule has 1 N–H and O–H groups in total. The van der Waals surface area contributed by atoms with E-state index in [1.54, 1.807) is 24.5 Å². The van der Waals surface area contributed by atoms with E-state index >= 15 is 0 Å². The van der Waals surface area contributed by atoms with Crippen molar-refractivity contribution >= 4 is 23.2 Å². The Bertz CT molecular complexity index is 1390. The molecule has 6 heteroatoms. The second-order valence-corrected chi connectivity index (χ2v) is 8.47. The van der Waals surface area contributed by atoms with Crippen LogP contribution in [0.4, 0.5) is 5.69 Å². The minimum Gasteiger partial charge on any atom is -0.340 e. The Balaban J connectivity index is 1.92. The predicted octanol–water partition coefficient (Wildman–Crippen LogP) is 5.79. The number of anilines is 1. The van der Waals surface area contributed by atoms with E-state index in [2.05, 4.69) is 10.3 Å². The number of nitrogens with one attached hydrogen (secondary N) is 1. The second-order valence-electron chi connectivity index (χ2n) is 8.03. The number of benzene rings is 2. The molecule has 4 rings (SSSR count). The fourth-order valence-corrected chi connectivity index (χ4v) is 4.06. The maximum absolute atomic E-state index is 13.5. The molecule has 0 atom stereocenters. The number of aromatic nitrogens is 2. The summed E-state index contributed by atoms with van der Waals surface area (Å²) >= 11 is 6.29. The van der Waals surface area contributed by atoms with Crippen LogP contribution >= 0.6 is 11.6 Å². The van der Waals surface area contributed by atoms with Gasteiger partial charge in [0.1, 0.15) is 5.56 Å². The van der Waals surface area contributed by atoms with Gasteiger partial charge < -0.3 is 9.88 Å². The van der Waals surface area contributed by atoms with Crippen LogP contribution < -0.4 is 10.7 Å². The number of pyridine rings is 2. The molecular formula is C27H24ClN3O2. The normalized spacial score (nSPS) is 10.8. The van der Waals surface area contributed by atoms with Crippen molar-refractivity contribution in [1.29, 1.82) is 0 Å². The summed E-state index contributed by atoms with van der Waals surface area (Å²) in [5.41, 5.74) is 5.33. The van der Waals surface area contributed by atoms with E-state index in [0.717, 1.165) is 22.4 Å². The number of aryl methyl sites for hydroxylation is 2. The van der Waals surface area contributed by atoms with Crippen molar-refractivity contribution in [2.24, 2.45) is 0 Å². The molecule has 166 valence electrons. The average Bonchev–Trinajstić information content (AvgIpc) is 2.79. The van der Waals surface area contributed by atoms with Crippen molar-refractivity contribution in [3.8, 4) is 11.3 Å². The van der Waals surface area contributed by atoms with E-state index < -0.39 is 5.91 Å². The molecule has 0 aliphatic rings. The lowest BCUT2D eigenvalue weighted by Gasteiger charge is -2.21. The van der Waals surface area contributed by atoms with Crippen molar-refractivity contribution in [2.75, 3.05) is 5.32 Å². The smallest absolute Gasteiger partial charge is 0.261 e. The van der Waals surface area contributed by atoms with Crippen molar-refractivity contribution < 1.29 is 4.79 Å². The van der Waals surface area contributed by atoms with Crippen LogP contribution in [-0.4, -0.2) is 15.5 Å². The zero-order chi connectivity index (χ0) is 23.5. The number of hydrogen-bond acceptors (Lipinski definition) is 3. The standard InChI is InChI=1S/C27H24ClN3O2/c1-17-7-4-11-23(19(17)3)30-27(33)25-24(32)13-18(2)31(16-20-8-6-12-29-15-20)26(25)21-9-5-10-22(28)14-21/h4-15H,16H2,1-3H3,(H,30,33). The number of nitrogens with zero attached hydrogens (tertiary/aromatic N) is 2. The van der Waals surface area contributed by atoms with Gasteiger partial charge >= 0.3 is 0 Å². The minimum absolute atomic E-state index is 0.0765. The molecule has 4 aromatic rings. The fourth-order valence-electron chi connectivity index (χ4n) is 3.87. The third-order valence-corrected chi connectivity index (χ3v) is 6.00. The molecular weight excluding hydrogens is 434 g/mol. The summed E-state index contributed by atoms with van der Waals surface area (Å²) in [5.74, 6) is -0.455. The van der Waals surface area contributed by atoms with Gasteiger partial charge in [0.25, 0.3) is 5.91 Å². The molecule has 0 unspecified atom stereocenters. The van der Waals surface area contributed by atoms with Crippen LogP contribution in [0, 0.1) is 20.8 Å². The summed E-state index contributed by atoms with van der Waals surface area (Å²) in [6, 6.07) is 18.2. The second kappa shape index (κ2) is 9.43. The molecule has 5 nitrogen and oxygen atoms in total. The lowest BCUT2D eigenvalue weighted by molar-refractivity contribution is 0.102. The molecule has 33 heavy (non-hydrogen) atoms. The molecule has 2 aromatic carbocycles. The van der Waals surface area contributed by atoms with Crippen molar-refractivity contribution in [3.05, 3.63) is 116 Å². The highest BCUT2D eigenvalue weighted by molar-refractivity contribution is 6.30. The summed E-state index contributed by atoms with van der Waals surface area (Å²) < 4.78 is 1.96. The van der Waals surface area contributed by atoms with E-state index in [9.17, 15) is 9.59 Å². The van der Waals surface area contributed by atoms with Gasteiger partial charge in [-0.3, -0.25) is 14.6 Å². The van der Waals surface area contributed by atoms with Crippen LogP contribution in [0.15, 0.2) is 77.9 Å². The van der Waals surface area contributed by atoms with Crippen molar-refractivity contribution in [3.63, 3.8) is 0 Å². The zero-order valence-electron chi connectivity index (χ0n) is 18.7. The first kappa shape index (κ1) is 22.5. The van der Waals surface area contributed by atoms with E-state index in [-0.39, 0.29) is 11.0 Å². The van der Waals surface area contributed by atoms with Crippen LogP contribution in [0.2, 0.25) is 5.02 Å². The Morgan fingerprint density at radius 2 is 1.82 bits per heavy atom. The van der Waals surface area contributed by atoms with Crippen molar-refractivity contribution in [2.45, 2.75) is 27.3 Å². The zero-order valence-corrected chi connectivity index (χ0v) is 19.5. The molecule has 0 saturated carbocycles. The first-order chi connectivity index (χ1) is 15.8. The lowest BCUT2D eigenvalue weighted by atomic mass is 10.0. The number of hydrogen-bond donors (Lipinski definition) is 1. The van der Waals surface area contributed by atoms with E-state index in [4.69, 9.17) is 11.6 Å². The van der Waals surface area contributed by atoms with Gasteiger partial charge in [-0.05, 0) is 61.7 Å². The Morgan fingerprint density at radius 1 is 1.03 bits per heavy atom. The molecule has 0 aliphatic carbocycles. The molecule has 0 aliphatic heterocycles. The molecule has 1 amide bonds. The van der Waals surface area contributed by atoms with E-state index in [0.29, 0.717) is 28.5 Å². The maximum Gasteiger partial charge on any atom is 0.261 e. The largest absolute Gasteiger partial charge is 0.340 e. The molecule has 0 bridgehead atoms. The third kappa shape index (κ3) is 4.73. The van der Waals surface area contributed by atoms with E-state index in [1.807, 2.05) is 67.8 Å². The maximum atomic E-state index is 13.5. The highest BCUT2D eigenvalue weighted by atomic mass is 35.5. The van der Waals surface area contributed by atoms with Gasteiger partial charge in [0, 0.05) is 47.0 Å². The van der Waals surface area contributed by atoms with Crippen LogP contribution in [0.3, 0.4) is 0 Å². The predicted molar refractivity (Wildman–Crippen MR) is 133 cm³/mol.